The van der Waals surface area contributed by atoms with Crippen LogP contribution in [0.4, 0.5) is 24.5 Å². The SMILES string of the molecule is O=C(Nc1ccccc1C(F)(F)F)C(=O)N1CCCc2ccccc21. The van der Waals surface area contributed by atoms with Gasteiger partial charge in [-0.2, -0.15) is 13.2 Å². The summed E-state index contributed by atoms with van der Waals surface area (Å²) in [5.74, 6) is -1.96. The fraction of sp³-hybridized carbons (Fsp3) is 0.222. The average Bonchev–Trinajstić information content (AvgIpc) is 2.60. The highest BCUT2D eigenvalue weighted by molar-refractivity contribution is 6.44. The molecule has 0 aromatic heterocycles. The van der Waals surface area contributed by atoms with Gasteiger partial charge in [-0.05, 0) is 36.6 Å². The summed E-state index contributed by atoms with van der Waals surface area (Å²) in [5.41, 5.74) is 0.137. The number of para-hydroxylation sites is 2. The molecule has 4 nitrogen and oxygen atoms in total. The van der Waals surface area contributed by atoms with E-state index in [1.807, 2.05) is 12.1 Å². The second kappa shape index (κ2) is 6.58. The largest absolute Gasteiger partial charge is 0.418 e. The molecule has 0 atom stereocenters. The Morgan fingerprint density at radius 2 is 1.68 bits per heavy atom. The summed E-state index contributed by atoms with van der Waals surface area (Å²) < 4.78 is 39.0. The molecule has 0 bridgehead atoms. The fourth-order valence-corrected chi connectivity index (χ4v) is 2.88. The van der Waals surface area contributed by atoms with Crippen LogP contribution in [-0.4, -0.2) is 18.4 Å². The first kappa shape index (κ1) is 17.0. The summed E-state index contributed by atoms with van der Waals surface area (Å²) in [4.78, 5) is 26.0. The lowest BCUT2D eigenvalue weighted by molar-refractivity contribution is -0.137. The van der Waals surface area contributed by atoms with Gasteiger partial charge >= 0.3 is 18.0 Å². The van der Waals surface area contributed by atoms with E-state index in [2.05, 4.69) is 5.32 Å². The number of carbonyl (C=O) groups is 2. The van der Waals surface area contributed by atoms with Crippen LogP contribution in [0.15, 0.2) is 48.5 Å². The Morgan fingerprint density at radius 1 is 1.00 bits per heavy atom. The molecule has 2 amide bonds. The maximum absolute atomic E-state index is 13.0. The summed E-state index contributed by atoms with van der Waals surface area (Å²) in [7, 11) is 0. The van der Waals surface area contributed by atoms with Gasteiger partial charge in [0.15, 0.2) is 0 Å². The predicted molar refractivity (Wildman–Crippen MR) is 87.2 cm³/mol. The van der Waals surface area contributed by atoms with Gasteiger partial charge in [-0.3, -0.25) is 9.59 Å². The number of nitrogens with zero attached hydrogens (tertiary/aromatic N) is 1. The van der Waals surface area contributed by atoms with Crippen LogP contribution in [0, 0.1) is 0 Å². The number of carbonyl (C=O) groups excluding carboxylic acids is 2. The Balaban J connectivity index is 1.83. The van der Waals surface area contributed by atoms with Gasteiger partial charge in [-0.1, -0.05) is 30.3 Å². The number of halogens is 3. The van der Waals surface area contributed by atoms with E-state index in [1.165, 1.54) is 17.0 Å². The predicted octanol–water partition coefficient (Wildman–Crippen LogP) is 3.62. The van der Waals surface area contributed by atoms with Crippen LogP contribution in [0.2, 0.25) is 0 Å². The number of aryl methyl sites for hydroxylation is 1. The number of fused-ring (bicyclic) bond motifs is 1. The van der Waals surface area contributed by atoms with E-state index in [4.69, 9.17) is 0 Å². The number of anilines is 2. The van der Waals surface area contributed by atoms with Crippen molar-refractivity contribution in [2.24, 2.45) is 0 Å². The van der Waals surface area contributed by atoms with E-state index in [-0.39, 0.29) is 0 Å². The molecule has 130 valence electrons. The van der Waals surface area contributed by atoms with Gasteiger partial charge in [-0.25, -0.2) is 0 Å². The fourth-order valence-electron chi connectivity index (χ4n) is 2.88. The van der Waals surface area contributed by atoms with Crippen molar-refractivity contribution in [3.8, 4) is 0 Å². The lowest BCUT2D eigenvalue weighted by Gasteiger charge is -2.28. The molecule has 1 heterocycles. The highest BCUT2D eigenvalue weighted by Gasteiger charge is 2.35. The van der Waals surface area contributed by atoms with E-state index < -0.39 is 29.2 Å². The third kappa shape index (κ3) is 3.50. The highest BCUT2D eigenvalue weighted by Crippen LogP contribution is 2.34. The summed E-state index contributed by atoms with van der Waals surface area (Å²) in [6, 6.07) is 11.8. The molecule has 1 N–H and O–H groups in total. The van der Waals surface area contributed by atoms with Crippen LogP contribution in [0.1, 0.15) is 17.5 Å². The standard InChI is InChI=1S/C18H15F3N2O2/c19-18(20,21)13-8-2-3-9-14(13)22-16(24)17(25)23-11-5-7-12-6-1-4-10-15(12)23/h1-4,6,8-10H,5,7,11H2,(H,22,24). The normalized spacial score (nSPS) is 14.0. The Hall–Kier alpha value is -2.83. The first-order chi connectivity index (χ1) is 11.9. The zero-order chi connectivity index (χ0) is 18.0. The van der Waals surface area contributed by atoms with Crippen molar-refractivity contribution in [2.45, 2.75) is 19.0 Å². The lowest BCUT2D eigenvalue weighted by Crippen LogP contribution is -2.42. The van der Waals surface area contributed by atoms with Gasteiger partial charge in [0.25, 0.3) is 0 Å². The van der Waals surface area contributed by atoms with Gasteiger partial charge in [0.1, 0.15) is 0 Å². The number of alkyl halides is 3. The minimum Gasteiger partial charge on any atom is -0.317 e. The highest BCUT2D eigenvalue weighted by atomic mass is 19.4. The van der Waals surface area contributed by atoms with E-state index in [0.29, 0.717) is 18.7 Å². The number of benzene rings is 2. The first-order valence-electron chi connectivity index (χ1n) is 7.75. The maximum atomic E-state index is 13.0. The lowest BCUT2D eigenvalue weighted by atomic mass is 10.0. The van der Waals surface area contributed by atoms with Gasteiger partial charge in [-0.15, -0.1) is 0 Å². The van der Waals surface area contributed by atoms with Crippen molar-refractivity contribution in [2.75, 3.05) is 16.8 Å². The average molecular weight is 348 g/mol. The number of hydrogen-bond donors (Lipinski definition) is 1. The van der Waals surface area contributed by atoms with E-state index in [1.54, 1.807) is 12.1 Å². The van der Waals surface area contributed by atoms with Crippen molar-refractivity contribution in [3.63, 3.8) is 0 Å². The molecule has 0 radical (unpaired) electrons. The van der Waals surface area contributed by atoms with Gasteiger partial charge in [0.05, 0.1) is 11.3 Å². The smallest absolute Gasteiger partial charge is 0.317 e. The first-order valence-corrected chi connectivity index (χ1v) is 7.75. The second-order valence-corrected chi connectivity index (χ2v) is 5.69. The van der Waals surface area contributed by atoms with Crippen LogP contribution >= 0.6 is 0 Å². The van der Waals surface area contributed by atoms with Crippen LogP contribution in [0.5, 0.6) is 0 Å². The Morgan fingerprint density at radius 3 is 2.44 bits per heavy atom. The van der Waals surface area contributed by atoms with Crippen molar-refractivity contribution in [3.05, 3.63) is 59.7 Å². The molecule has 2 aromatic rings. The molecular weight excluding hydrogens is 333 g/mol. The van der Waals surface area contributed by atoms with Crippen LogP contribution in [0.3, 0.4) is 0 Å². The third-order valence-corrected chi connectivity index (χ3v) is 4.03. The summed E-state index contributed by atoms with van der Waals surface area (Å²) >= 11 is 0. The van der Waals surface area contributed by atoms with Gasteiger partial charge < -0.3 is 10.2 Å². The molecule has 7 heteroatoms. The van der Waals surface area contributed by atoms with Crippen LogP contribution in [-0.2, 0) is 22.2 Å². The molecule has 0 spiro atoms. The van der Waals surface area contributed by atoms with Gasteiger partial charge in [0.2, 0.25) is 0 Å². The molecule has 1 aliphatic rings. The summed E-state index contributed by atoms with van der Waals surface area (Å²) in [6.07, 6.45) is -3.14. The third-order valence-electron chi connectivity index (χ3n) is 4.03. The molecule has 0 fully saturated rings. The Labute approximate surface area is 142 Å². The van der Waals surface area contributed by atoms with E-state index >= 15 is 0 Å². The number of rotatable bonds is 1. The monoisotopic (exact) mass is 348 g/mol. The number of nitrogens with one attached hydrogen (secondary N) is 1. The minimum absolute atomic E-state index is 0.351. The topological polar surface area (TPSA) is 49.4 Å². The maximum Gasteiger partial charge on any atom is 0.418 e. The molecule has 0 aliphatic carbocycles. The van der Waals surface area contributed by atoms with Crippen molar-refractivity contribution >= 4 is 23.2 Å². The quantitative estimate of drug-likeness (QED) is 0.800. The molecule has 0 saturated heterocycles. The van der Waals surface area contributed by atoms with Crippen molar-refractivity contribution < 1.29 is 22.8 Å². The zero-order valence-electron chi connectivity index (χ0n) is 13.1. The zero-order valence-corrected chi connectivity index (χ0v) is 13.1. The Bertz CT molecular complexity index is 818. The molecular formula is C18H15F3N2O2. The second-order valence-electron chi connectivity index (χ2n) is 5.69. The van der Waals surface area contributed by atoms with E-state index in [9.17, 15) is 22.8 Å². The number of amides is 2. The molecule has 3 rings (SSSR count). The summed E-state index contributed by atoms with van der Waals surface area (Å²) in [6.45, 7) is 0.351. The minimum atomic E-state index is -4.62. The molecule has 1 aliphatic heterocycles. The van der Waals surface area contributed by atoms with Crippen molar-refractivity contribution in [1.29, 1.82) is 0 Å². The van der Waals surface area contributed by atoms with E-state index in [0.717, 1.165) is 24.1 Å². The van der Waals surface area contributed by atoms with Gasteiger partial charge in [0, 0.05) is 12.2 Å². The number of hydrogen-bond acceptors (Lipinski definition) is 2. The molecule has 25 heavy (non-hydrogen) atoms. The molecule has 0 unspecified atom stereocenters. The molecule has 2 aromatic carbocycles. The molecule has 0 saturated carbocycles. The Kier molecular flexibility index (Phi) is 4.48. The van der Waals surface area contributed by atoms with Crippen LogP contribution in [0.25, 0.3) is 0 Å². The van der Waals surface area contributed by atoms with Crippen LogP contribution < -0.4 is 10.2 Å². The van der Waals surface area contributed by atoms with Crippen molar-refractivity contribution in [1.82, 2.24) is 0 Å². The summed E-state index contributed by atoms with van der Waals surface area (Å²) in [5, 5.41) is 2.09.